The molecule has 6 saturated carbocycles. The summed E-state index contributed by atoms with van der Waals surface area (Å²) in [6.45, 7) is 5.47. The minimum absolute atomic E-state index is 0.00331. The van der Waals surface area contributed by atoms with Crippen LogP contribution in [0.1, 0.15) is 67.6 Å². The van der Waals surface area contributed by atoms with Crippen LogP contribution in [0.4, 0.5) is 5.69 Å². The van der Waals surface area contributed by atoms with Gasteiger partial charge in [0.2, 0.25) is 5.91 Å². The monoisotopic (exact) mass is 683 g/mol. The van der Waals surface area contributed by atoms with E-state index >= 15 is 0 Å². The van der Waals surface area contributed by atoms with Crippen molar-refractivity contribution in [3.63, 3.8) is 0 Å². The van der Waals surface area contributed by atoms with Crippen molar-refractivity contribution in [3.05, 3.63) is 65.5 Å². The van der Waals surface area contributed by atoms with Crippen LogP contribution in [0.5, 0.6) is 0 Å². The van der Waals surface area contributed by atoms with Crippen LogP contribution in [0, 0.1) is 40.9 Å². The van der Waals surface area contributed by atoms with Crippen LogP contribution >= 0.6 is 0 Å². The highest BCUT2D eigenvalue weighted by molar-refractivity contribution is 6.06. The van der Waals surface area contributed by atoms with Gasteiger partial charge in [0.1, 0.15) is 16.8 Å². The van der Waals surface area contributed by atoms with E-state index in [2.05, 4.69) is 22.1 Å². The number of rotatable bonds is 9. The lowest BCUT2D eigenvalue weighted by Crippen LogP contribution is -2.82. The number of fused-ring (bicyclic) bond motifs is 2. The number of aromatic nitrogens is 1. The third-order valence-electron chi connectivity index (χ3n) is 14.8. The molecule has 10 nitrogen and oxygen atoms in total. The molecule has 7 fully saturated rings. The number of aliphatic hydroxyl groups is 2. The molecule has 10 heteroatoms. The number of methoxy groups -OCH3 is 2. The normalized spacial score (nSPS) is 44.6. The highest BCUT2D eigenvalue weighted by Crippen LogP contribution is 2.84. The molecule has 13 atom stereocenters. The number of para-hydroxylation sites is 1. The van der Waals surface area contributed by atoms with Crippen LogP contribution in [-0.2, 0) is 25.4 Å². The number of amides is 1. The minimum Gasteiger partial charge on any atom is -0.454 e. The van der Waals surface area contributed by atoms with Gasteiger partial charge in [0.15, 0.2) is 0 Å². The van der Waals surface area contributed by atoms with Gasteiger partial charge in [-0.2, -0.15) is 0 Å². The number of piperidine rings is 1. The first-order chi connectivity index (χ1) is 24.1. The van der Waals surface area contributed by atoms with Crippen molar-refractivity contribution in [1.29, 1.82) is 0 Å². The van der Waals surface area contributed by atoms with Crippen molar-refractivity contribution >= 4 is 23.6 Å². The van der Waals surface area contributed by atoms with E-state index in [9.17, 15) is 19.8 Å². The Morgan fingerprint density at radius 3 is 2.68 bits per heavy atom. The molecule has 0 radical (unpaired) electrons. The van der Waals surface area contributed by atoms with Crippen molar-refractivity contribution in [2.24, 2.45) is 40.9 Å². The Hall–Kier alpha value is -3.15. The molecule has 6 aliphatic carbocycles. The minimum atomic E-state index is -1.29. The zero-order valence-corrected chi connectivity index (χ0v) is 29.4. The SMILES string of the molecule is CCc1cc(/C=C/C(=O)Nc2ccccc2C(=O)O[C@@]23CC[C@H](OC)[C@]45C([C@@H](C[C@H]24)[C@@]2(O)C[C@H](OC)C4[C@H]6C[C@@H]5[C@]2(O)[C@@H]46)N(CC)C3)ccn1. The summed E-state index contributed by atoms with van der Waals surface area (Å²) in [5.74, 6) is -0.648. The second kappa shape index (κ2) is 11.2. The van der Waals surface area contributed by atoms with Crippen molar-refractivity contribution in [2.45, 2.75) is 87.4 Å². The molecular weight excluding hydrogens is 634 g/mol. The fraction of sp³-hybridized carbons (Fsp3) is 0.625. The molecule has 1 saturated heterocycles. The zero-order chi connectivity index (χ0) is 34.8. The number of carbonyl (C=O) groups is 2. The van der Waals surface area contributed by atoms with Crippen molar-refractivity contribution in [2.75, 3.05) is 32.6 Å². The van der Waals surface area contributed by atoms with Crippen LogP contribution in [0.3, 0.4) is 0 Å². The summed E-state index contributed by atoms with van der Waals surface area (Å²) in [4.78, 5) is 34.3. The first kappa shape index (κ1) is 32.7. The van der Waals surface area contributed by atoms with Crippen LogP contribution in [0.15, 0.2) is 48.7 Å². The molecule has 1 aromatic heterocycles. The first-order valence-corrected chi connectivity index (χ1v) is 18.6. The number of likely N-dealkylation sites (N-methyl/N-ethyl adjacent to an activating group) is 1. The lowest BCUT2D eigenvalue weighted by Gasteiger charge is -2.71. The largest absolute Gasteiger partial charge is 0.454 e. The summed E-state index contributed by atoms with van der Waals surface area (Å²) < 4.78 is 19.2. The molecule has 9 rings (SSSR count). The number of nitrogens with one attached hydrogen (secondary N) is 1. The van der Waals surface area contributed by atoms with Crippen LogP contribution in [0.2, 0.25) is 0 Å². The molecule has 3 N–H and O–H groups in total. The number of hydrogen-bond acceptors (Lipinski definition) is 9. The maximum Gasteiger partial charge on any atom is 0.340 e. The van der Waals surface area contributed by atoms with E-state index in [1.807, 2.05) is 19.1 Å². The lowest BCUT2D eigenvalue weighted by molar-refractivity contribution is -0.333. The maximum absolute atomic E-state index is 14.4. The van der Waals surface area contributed by atoms with E-state index in [1.54, 1.807) is 50.8 Å². The van der Waals surface area contributed by atoms with Gasteiger partial charge in [0.25, 0.3) is 0 Å². The summed E-state index contributed by atoms with van der Waals surface area (Å²) in [6, 6.07) is 10.8. The second-order valence-electron chi connectivity index (χ2n) is 16.2. The predicted molar refractivity (Wildman–Crippen MR) is 185 cm³/mol. The van der Waals surface area contributed by atoms with Gasteiger partial charge < -0.3 is 29.7 Å². The van der Waals surface area contributed by atoms with Gasteiger partial charge in [0, 0.05) is 74.4 Å². The van der Waals surface area contributed by atoms with Crippen molar-refractivity contribution < 1.29 is 34.0 Å². The quantitative estimate of drug-likeness (QED) is 0.264. The lowest BCUT2D eigenvalue weighted by atomic mass is 9.42. The molecule has 50 heavy (non-hydrogen) atoms. The molecule has 266 valence electrons. The highest BCUT2D eigenvalue weighted by atomic mass is 16.6. The van der Waals surface area contributed by atoms with E-state index in [-0.39, 0.29) is 53.7 Å². The van der Waals surface area contributed by atoms with E-state index in [1.165, 1.54) is 6.08 Å². The molecule has 2 unspecified atom stereocenters. The third kappa shape index (κ3) is 4.00. The predicted octanol–water partition coefficient (Wildman–Crippen LogP) is 4.10. The van der Waals surface area contributed by atoms with Crippen molar-refractivity contribution in [3.8, 4) is 0 Å². The number of likely N-dealkylation sites (tertiary alicyclic amines) is 1. The van der Waals surface area contributed by atoms with Crippen LogP contribution in [0.25, 0.3) is 6.08 Å². The van der Waals surface area contributed by atoms with E-state index in [4.69, 9.17) is 14.2 Å². The molecule has 5 bridgehead atoms. The summed E-state index contributed by atoms with van der Waals surface area (Å²) in [7, 11) is 3.52. The standard InChI is InChI=1S/C40H49N3O7/c1-5-23-17-22(14-16-41-23)11-12-32(44)42-27-10-8-7-9-24(27)36(45)50-37-15-13-31(49-4)39-29(37)19-26(35(39)43(6-2)21-37)38(46)20-28(48-3)33-25-18-30(39)40(38,47)34(25)33/h7-12,14,16-17,25-26,28-31,33-35,46-47H,5-6,13,15,18-21H2,1-4H3,(H,42,44)/b12-11+/t25-,26-,28+,29-,30+,31+,33?,34-,35?,37-,38+,39+,40+/m1/s1. The maximum atomic E-state index is 14.4. The average Bonchev–Trinajstić information content (AvgIpc) is 3.67. The van der Waals surface area contributed by atoms with E-state index in [0.717, 1.165) is 30.6 Å². The number of anilines is 1. The number of hydrogen-bond donors (Lipinski definition) is 3. The van der Waals surface area contributed by atoms with Gasteiger partial charge in [-0.3, -0.25) is 14.7 Å². The van der Waals surface area contributed by atoms with Gasteiger partial charge in [0.05, 0.1) is 23.5 Å². The van der Waals surface area contributed by atoms with Gasteiger partial charge in [-0.15, -0.1) is 0 Å². The summed E-state index contributed by atoms with van der Waals surface area (Å²) >= 11 is 0. The number of ether oxygens (including phenoxy) is 3. The average molecular weight is 684 g/mol. The molecule has 1 aromatic carbocycles. The zero-order valence-electron chi connectivity index (χ0n) is 29.4. The molecule has 1 amide bonds. The number of nitrogens with zero attached hydrogens (tertiary/aromatic N) is 2. The molecule has 1 spiro atoms. The second-order valence-corrected chi connectivity index (χ2v) is 16.2. The van der Waals surface area contributed by atoms with Gasteiger partial charge in [-0.1, -0.05) is 26.0 Å². The molecule has 7 aliphatic rings. The Balaban J connectivity index is 1.05. The van der Waals surface area contributed by atoms with Gasteiger partial charge in [-0.05, 0) is 92.3 Å². The summed E-state index contributed by atoms with van der Waals surface area (Å²) in [6.07, 6.45) is 8.80. The number of carbonyl (C=O) groups excluding carboxylic acids is 2. The Morgan fingerprint density at radius 2 is 1.92 bits per heavy atom. The molecule has 2 aromatic rings. The topological polar surface area (TPSA) is 130 Å². The Bertz CT molecular complexity index is 1770. The molecule has 2 heterocycles. The number of pyridine rings is 1. The number of benzene rings is 1. The molecular formula is C40H49N3O7. The Morgan fingerprint density at radius 1 is 1.10 bits per heavy atom. The van der Waals surface area contributed by atoms with E-state index in [0.29, 0.717) is 49.4 Å². The number of aryl methyl sites for hydroxylation is 1. The first-order valence-electron chi connectivity index (χ1n) is 18.6. The number of esters is 1. The highest BCUT2D eigenvalue weighted by Gasteiger charge is 2.92. The third-order valence-corrected chi connectivity index (χ3v) is 14.8. The summed E-state index contributed by atoms with van der Waals surface area (Å²) in [5.41, 5.74) is -1.30. The Labute approximate surface area is 293 Å². The molecule has 1 aliphatic heterocycles. The van der Waals surface area contributed by atoms with Crippen molar-refractivity contribution in [1.82, 2.24) is 9.88 Å². The fourth-order valence-electron chi connectivity index (χ4n) is 13.3. The van der Waals surface area contributed by atoms with Crippen LogP contribution < -0.4 is 5.32 Å². The van der Waals surface area contributed by atoms with E-state index < -0.39 is 28.2 Å². The van der Waals surface area contributed by atoms with Crippen LogP contribution in [-0.4, -0.2) is 94.3 Å². The Kier molecular flexibility index (Phi) is 7.32. The fourth-order valence-corrected chi connectivity index (χ4v) is 13.3. The van der Waals surface area contributed by atoms with Gasteiger partial charge in [-0.25, -0.2) is 4.79 Å². The smallest absolute Gasteiger partial charge is 0.340 e. The van der Waals surface area contributed by atoms with Gasteiger partial charge >= 0.3 is 5.97 Å². The summed E-state index contributed by atoms with van der Waals surface area (Å²) in [5, 5.41) is 28.8.